The number of aromatic nitrogens is 2. The van der Waals surface area contributed by atoms with Crippen LogP contribution in [0.5, 0.6) is 0 Å². The molecule has 0 aliphatic rings. The quantitative estimate of drug-likeness (QED) is 0.575. The lowest BCUT2D eigenvalue weighted by atomic mass is 10.3. The predicted molar refractivity (Wildman–Crippen MR) is 107 cm³/mol. The fourth-order valence-corrected chi connectivity index (χ4v) is 5.15. The van der Waals surface area contributed by atoms with Crippen molar-refractivity contribution >= 4 is 64.1 Å². The molecule has 1 aromatic carbocycles. The molecule has 1 aromatic heterocycles. The summed E-state index contributed by atoms with van der Waals surface area (Å²) in [7, 11) is 0. The second-order valence-electron chi connectivity index (χ2n) is 4.77. The molecule has 10 heteroatoms. The summed E-state index contributed by atoms with van der Waals surface area (Å²) in [5.41, 5.74) is 5.85. The van der Waals surface area contributed by atoms with E-state index in [9.17, 15) is 9.59 Å². The van der Waals surface area contributed by atoms with E-state index in [0.29, 0.717) is 5.69 Å². The number of carbonyl (C=O) groups excluding carboxylic acids is 2. The molecule has 0 saturated heterocycles. The topological polar surface area (TPSA) is 98.0 Å². The van der Waals surface area contributed by atoms with E-state index < -0.39 is 5.91 Å². The molecule has 134 valence electrons. The molecule has 2 aromatic rings. The number of amides is 2. The highest BCUT2D eigenvalue weighted by Crippen LogP contribution is 2.30. The lowest BCUT2D eigenvalue weighted by Gasteiger charge is -2.09. The van der Waals surface area contributed by atoms with E-state index in [0.717, 1.165) is 25.7 Å². The molecular weight excluding hydrogens is 396 g/mol. The Balaban J connectivity index is 1.86. The van der Waals surface area contributed by atoms with E-state index in [1.165, 1.54) is 34.9 Å². The summed E-state index contributed by atoms with van der Waals surface area (Å²) in [5, 5.41) is 11.1. The molecule has 6 nitrogen and oxygen atoms in total. The first-order valence-corrected chi connectivity index (χ1v) is 11.2. The highest BCUT2D eigenvalue weighted by atomic mass is 32.2. The second kappa shape index (κ2) is 10.7. The first-order valence-electron chi connectivity index (χ1n) is 7.47. The molecule has 0 atom stereocenters. The van der Waals surface area contributed by atoms with Crippen molar-refractivity contribution in [2.24, 2.45) is 5.73 Å². The number of thioether (sulfide) groups is 3. The van der Waals surface area contributed by atoms with Gasteiger partial charge in [-0.05, 0) is 18.6 Å². The molecule has 1 heterocycles. The zero-order valence-corrected chi connectivity index (χ0v) is 16.8. The number of rotatable bonds is 10. The van der Waals surface area contributed by atoms with Crippen LogP contribution in [0.25, 0.3) is 0 Å². The van der Waals surface area contributed by atoms with Crippen LogP contribution in [0.15, 0.2) is 37.8 Å². The maximum Gasteiger partial charge on any atom is 0.234 e. The van der Waals surface area contributed by atoms with Crippen molar-refractivity contribution in [3.63, 3.8) is 0 Å². The van der Waals surface area contributed by atoms with Gasteiger partial charge in [0.15, 0.2) is 8.68 Å². The maximum absolute atomic E-state index is 12.2. The van der Waals surface area contributed by atoms with E-state index in [1.54, 1.807) is 17.8 Å². The van der Waals surface area contributed by atoms with E-state index >= 15 is 0 Å². The minimum Gasteiger partial charge on any atom is -0.369 e. The van der Waals surface area contributed by atoms with Gasteiger partial charge in [0.1, 0.15) is 0 Å². The summed E-state index contributed by atoms with van der Waals surface area (Å²) >= 11 is 5.85. The first kappa shape index (κ1) is 20.1. The molecule has 0 fully saturated rings. The molecular formula is C15H18N4O2S4. The number of nitrogens with two attached hydrogens (primary N) is 1. The summed E-state index contributed by atoms with van der Waals surface area (Å²) in [6, 6.07) is 7.33. The maximum atomic E-state index is 12.2. The van der Waals surface area contributed by atoms with Crippen molar-refractivity contribution in [3.05, 3.63) is 24.3 Å². The van der Waals surface area contributed by atoms with Crippen LogP contribution in [0.2, 0.25) is 0 Å². The number of nitrogens with zero attached hydrogens (tertiary/aromatic N) is 2. The Bertz CT molecular complexity index is 723. The fraction of sp³-hybridized carbons (Fsp3) is 0.333. The van der Waals surface area contributed by atoms with Crippen LogP contribution in [0, 0.1) is 0 Å². The van der Waals surface area contributed by atoms with Crippen LogP contribution >= 0.6 is 46.6 Å². The monoisotopic (exact) mass is 414 g/mol. The zero-order chi connectivity index (χ0) is 18.1. The Hall–Kier alpha value is -1.23. The number of primary amides is 1. The summed E-state index contributed by atoms with van der Waals surface area (Å²) in [6.45, 7) is 2.12. The number of anilines is 1. The normalized spacial score (nSPS) is 10.6. The van der Waals surface area contributed by atoms with Gasteiger partial charge in [-0.2, -0.15) is 0 Å². The van der Waals surface area contributed by atoms with Gasteiger partial charge < -0.3 is 11.1 Å². The Labute approximate surface area is 163 Å². The van der Waals surface area contributed by atoms with E-state index in [2.05, 4.69) is 22.4 Å². The van der Waals surface area contributed by atoms with Gasteiger partial charge in [0, 0.05) is 10.6 Å². The molecule has 0 spiro atoms. The predicted octanol–water partition coefficient (Wildman–Crippen LogP) is 3.35. The van der Waals surface area contributed by atoms with Crippen molar-refractivity contribution in [1.29, 1.82) is 0 Å². The van der Waals surface area contributed by atoms with Crippen molar-refractivity contribution in [2.75, 3.05) is 22.6 Å². The lowest BCUT2D eigenvalue weighted by molar-refractivity contribution is -0.115. The fourth-order valence-electron chi connectivity index (χ4n) is 1.66. The van der Waals surface area contributed by atoms with Crippen LogP contribution in [-0.4, -0.2) is 39.3 Å². The summed E-state index contributed by atoms with van der Waals surface area (Å²) < 4.78 is 1.71. The van der Waals surface area contributed by atoms with Gasteiger partial charge >= 0.3 is 0 Å². The minimum absolute atomic E-state index is 0.130. The van der Waals surface area contributed by atoms with Crippen LogP contribution in [0.3, 0.4) is 0 Å². The molecule has 0 bridgehead atoms. The Morgan fingerprint density at radius 3 is 2.56 bits per heavy atom. The van der Waals surface area contributed by atoms with Crippen molar-refractivity contribution in [3.8, 4) is 0 Å². The van der Waals surface area contributed by atoms with Gasteiger partial charge in [-0.1, -0.05) is 53.9 Å². The van der Waals surface area contributed by atoms with Gasteiger partial charge in [0.2, 0.25) is 11.8 Å². The summed E-state index contributed by atoms with van der Waals surface area (Å²) in [4.78, 5) is 23.9. The van der Waals surface area contributed by atoms with Gasteiger partial charge in [-0.25, -0.2) is 0 Å². The molecule has 0 saturated carbocycles. The van der Waals surface area contributed by atoms with E-state index in [-0.39, 0.29) is 17.4 Å². The Morgan fingerprint density at radius 1 is 1.12 bits per heavy atom. The number of carbonyl (C=O) groups is 2. The number of benzene rings is 1. The standard InChI is InChI=1S/C15H18N4O2S4/c1-2-7-22-14-18-19-15(25-14)24-9-13(21)17-10-5-3-4-6-11(10)23-8-12(16)20/h3-6H,2,7-9H2,1H3,(H2,16,20)(H,17,21). The third kappa shape index (κ3) is 7.27. The smallest absolute Gasteiger partial charge is 0.234 e. The molecule has 25 heavy (non-hydrogen) atoms. The number of nitrogens with one attached hydrogen (secondary N) is 1. The molecule has 0 aliphatic heterocycles. The third-order valence-corrected chi connectivity index (χ3v) is 7.17. The van der Waals surface area contributed by atoms with Crippen molar-refractivity contribution < 1.29 is 9.59 Å². The van der Waals surface area contributed by atoms with Crippen LogP contribution in [-0.2, 0) is 9.59 Å². The van der Waals surface area contributed by atoms with E-state index in [1.807, 2.05) is 18.2 Å². The Kier molecular flexibility index (Phi) is 8.59. The van der Waals surface area contributed by atoms with Crippen molar-refractivity contribution in [1.82, 2.24) is 10.2 Å². The zero-order valence-electron chi connectivity index (χ0n) is 13.6. The van der Waals surface area contributed by atoms with Crippen LogP contribution < -0.4 is 11.1 Å². The lowest BCUT2D eigenvalue weighted by Crippen LogP contribution is -2.15. The highest BCUT2D eigenvalue weighted by molar-refractivity contribution is 8.03. The van der Waals surface area contributed by atoms with Gasteiger partial charge in [-0.3, -0.25) is 9.59 Å². The Morgan fingerprint density at radius 2 is 1.84 bits per heavy atom. The molecule has 2 amide bonds. The largest absolute Gasteiger partial charge is 0.369 e. The average Bonchev–Trinajstić information content (AvgIpc) is 3.05. The highest BCUT2D eigenvalue weighted by Gasteiger charge is 2.11. The van der Waals surface area contributed by atoms with Crippen LogP contribution in [0.1, 0.15) is 13.3 Å². The van der Waals surface area contributed by atoms with Crippen LogP contribution in [0.4, 0.5) is 5.69 Å². The van der Waals surface area contributed by atoms with Crippen molar-refractivity contribution in [2.45, 2.75) is 26.9 Å². The number of hydrogen-bond donors (Lipinski definition) is 2. The van der Waals surface area contributed by atoms with Gasteiger partial charge in [0.25, 0.3) is 0 Å². The number of hydrogen-bond acceptors (Lipinski definition) is 8. The molecule has 0 unspecified atom stereocenters. The molecule has 2 rings (SSSR count). The molecule has 3 N–H and O–H groups in total. The molecule has 0 aliphatic carbocycles. The van der Waals surface area contributed by atoms with Gasteiger partial charge in [0.05, 0.1) is 17.2 Å². The SMILES string of the molecule is CCCSc1nnc(SCC(=O)Nc2ccccc2SCC(N)=O)s1. The first-order chi connectivity index (χ1) is 12.1. The third-order valence-electron chi connectivity index (χ3n) is 2.68. The summed E-state index contributed by atoms with van der Waals surface area (Å²) in [5.74, 6) is 0.913. The van der Waals surface area contributed by atoms with Gasteiger partial charge in [-0.15, -0.1) is 22.0 Å². The summed E-state index contributed by atoms with van der Waals surface area (Å²) in [6.07, 6.45) is 1.09. The number of para-hydroxylation sites is 1. The van der Waals surface area contributed by atoms with E-state index in [4.69, 9.17) is 5.73 Å². The minimum atomic E-state index is -0.394. The molecule has 0 radical (unpaired) electrons. The average molecular weight is 415 g/mol. The second-order valence-corrected chi connectivity index (χ2v) is 9.33.